The Labute approximate surface area is 133 Å². The number of amides is 1. The van der Waals surface area contributed by atoms with E-state index in [1.54, 1.807) is 12.1 Å². The fraction of sp³-hybridized carbons (Fsp3) is 0.125. The maximum Gasteiger partial charge on any atom is 0.269 e. The standard InChI is InChI=1S/C16H16N6O/c1-11-8-9-22(21-11)14-5-3-2-4-12(14)10-18-15-7-6-13(16(17)23)19-20-15/h2-9H,10H2,1H3,(H2,17,23)(H,18,20). The number of anilines is 1. The molecule has 0 unspecified atom stereocenters. The van der Waals surface area contributed by atoms with Gasteiger partial charge in [0.05, 0.1) is 11.4 Å². The number of carbonyl (C=O) groups is 1. The molecule has 0 bridgehead atoms. The summed E-state index contributed by atoms with van der Waals surface area (Å²) >= 11 is 0. The van der Waals surface area contributed by atoms with E-state index in [-0.39, 0.29) is 5.69 Å². The zero-order valence-electron chi connectivity index (χ0n) is 12.6. The van der Waals surface area contributed by atoms with Gasteiger partial charge in [0.1, 0.15) is 5.82 Å². The lowest BCUT2D eigenvalue weighted by atomic mass is 10.2. The maximum absolute atomic E-state index is 11.0. The molecular weight excluding hydrogens is 292 g/mol. The quantitative estimate of drug-likeness (QED) is 0.747. The summed E-state index contributed by atoms with van der Waals surface area (Å²) in [6.45, 7) is 2.51. The Hall–Kier alpha value is -3.22. The largest absolute Gasteiger partial charge is 0.364 e. The minimum Gasteiger partial charge on any atom is -0.364 e. The molecule has 116 valence electrons. The summed E-state index contributed by atoms with van der Waals surface area (Å²) in [7, 11) is 0. The van der Waals surface area contributed by atoms with Crippen LogP contribution in [0.25, 0.3) is 5.69 Å². The third kappa shape index (κ3) is 3.34. The number of rotatable bonds is 5. The number of carbonyl (C=O) groups excluding carboxylic acids is 1. The Balaban J connectivity index is 1.77. The average molecular weight is 308 g/mol. The number of aromatic nitrogens is 4. The van der Waals surface area contributed by atoms with Gasteiger partial charge in [0.2, 0.25) is 0 Å². The van der Waals surface area contributed by atoms with Crippen LogP contribution in [0.15, 0.2) is 48.7 Å². The molecule has 7 heteroatoms. The highest BCUT2D eigenvalue weighted by atomic mass is 16.1. The predicted octanol–water partition coefficient (Wildman–Crippen LogP) is 1.68. The van der Waals surface area contributed by atoms with Crippen molar-refractivity contribution in [1.82, 2.24) is 20.0 Å². The van der Waals surface area contributed by atoms with Crippen LogP contribution in [-0.2, 0) is 6.54 Å². The zero-order chi connectivity index (χ0) is 16.2. The van der Waals surface area contributed by atoms with Crippen molar-refractivity contribution < 1.29 is 4.79 Å². The number of nitrogens with one attached hydrogen (secondary N) is 1. The van der Waals surface area contributed by atoms with Gasteiger partial charge in [-0.05, 0) is 36.8 Å². The Kier molecular flexibility index (Phi) is 4.01. The molecule has 7 nitrogen and oxygen atoms in total. The smallest absolute Gasteiger partial charge is 0.269 e. The number of hydrogen-bond donors (Lipinski definition) is 2. The van der Waals surface area contributed by atoms with Crippen molar-refractivity contribution in [3.63, 3.8) is 0 Å². The number of hydrogen-bond acceptors (Lipinski definition) is 5. The third-order valence-corrected chi connectivity index (χ3v) is 3.34. The van der Waals surface area contributed by atoms with Gasteiger partial charge in [-0.2, -0.15) is 5.10 Å². The Bertz CT molecular complexity index is 825. The number of primary amides is 1. The van der Waals surface area contributed by atoms with E-state index in [1.807, 2.05) is 48.1 Å². The highest BCUT2D eigenvalue weighted by Crippen LogP contribution is 2.15. The van der Waals surface area contributed by atoms with Crippen LogP contribution in [0.3, 0.4) is 0 Å². The van der Waals surface area contributed by atoms with E-state index in [9.17, 15) is 4.79 Å². The molecule has 3 aromatic rings. The molecule has 0 saturated heterocycles. The van der Waals surface area contributed by atoms with Crippen LogP contribution in [0.5, 0.6) is 0 Å². The van der Waals surface area contributed by atoms with Gasteiger partial charge in [-0.15, -0.1) is 10.2 Å². The SMILES string of the molecule is Cc1ccn(-c2ccccc2CNc2ccc(C(N)=O)nn2)n1. The summed E-state index contributed by atoms with van der Waals surface area (Å²) in [6, 6.07) is 13.1. The summed E-state index contributed by atoms with van der Waals surface area (Å²) in [4.78, 5) is 11.0. The van der Waals surface area contributed by atoms with E-state index in [4.69, 9.17) is 5.73 Å². The Morgan fingerprint density at radius 3 is 2.65 bits per heavy atom. The van der Waals surface area contributed by atoms with Crippen molar-refractivity contribution >= 4 is 11.7 Å². The third-order valence-electron chi connectivity index (χ3n) is 3.34. The van der Waals surface area contributed by atoms with Crippen LogP contribution in [0.1, 0.15) is 21.7 Å². The minimum atomic E-state index is -0.594. The van der Waals surface area contributed by atoms with E-state index >= 15 is 0 Å². The second-order valence-corrected chi connectivity index (χ2v) is 5.05. The molecule has 2 heterocycles. The lowest BCUT2D eigenvalue weighted by molar-refractivity contribution is 0.0994. The lowest BCUT2D eigenvalue weighted by Gasteiger charge is -2.11. The molecule has 3 N–H and O–H groups in total. The molecule has 0 spiro atoms. The van der Waals surface area contributed by atoms with Crippen molar-refractivity contribution in [2.75, 3.05) is 5.32 Å². The molecule has 1 amide bonds. The van der Waals surface area contributed by atoms with E-state index in [1.165, 1.54) is 0 Å². The molecule has 0 aliphatic carbocycles. The Morgan fingerprint density at radius 1 is 1.17 bits per heavy atom. The molecule has 0 radical (unpaired) electrons. The summed E-state index contributed by atoms with van der Waals surface area (Å²) < 4.78 is 1.84. The lowest BCUT2D eigenvalue weighted by Crippen LogP contribution is -2.14. The van der Waals surface area contributed by atoms with Crippen LogP contribution in [-0.4, -0.2) is 25.9 Å². The maximum atomic E-state index is 11.0. The van der Waals surface area contributed by atoms with Gasteiger partial charge in [-0.25, -0.2) is 4.68 Å². The fourth-order valence-electron chi connectivity index (χ4n) is 2.18. The van der Waals surface area contributed by atoms with Gasteiger partial charge in [0.25, 0.3) is 5.91 Å². The van der Waals surface area contributed by atoms with Gasteiger partial charge in [0, 0.05) is 12.7 Å². The number of benzene rings is 1. The van der Waals surface area contributed by atoms with E-state index < -0.39 is 5.91 Å². The van der Waals surface area contributed by atoms with Crippen molar-refractivity contribution in [1.29, 1.82) is 0 Å². The second-order valence-electron chi connectivity index (χ2n) is 5.05. The Morgan fingerprint density at radius 2 is 2.00 bits per heavy atom. The highest BCUT2D eigenvalue weighted by Gasteiger charge is 2.07. The molecule has 0 atom stereocenters. The second kappa shape index (κ2) is 6.27. The average Bonchev–Trinajstić information content (AvgIpc) is 3.00. The molecule has 0 aliphatic heterocycles. The minimum absolute atomic E-state index is 0.142. The van der Waals surface area contributed by atoms with Crippen molar-refractivity contribution in [2.45, 2.75) is 13.5 Å². The fourth-order valence-corrected chi connectivity index (χ4v) is 2.18. The topological polar surface area (TPSA) is 98.7 Å². The molecular formula is C16H16N6O. The van der Waals surface area contributed by atoms with Crippen molar-refractivity contribution in [3.8, 4) is 5.69 Å². The first-order valence-electron chi connectivity index (χ1n) is 7.11. The molecule has 2 aromatic heterocycles. The van der Waals surface area contributed by atoms with E-state index in [0.717, 1.165) is 16.9 Å². The van der Waals surface area contributed by atoms with Crippen molar-refractivity contribution in [2.24, 2.45) is 5.73 Å². The highest BCUT2D eigenvalue weighted by molar-refractivity contribution is 5.90. The summed E-state index contributed by atoms with van der Waals surface area (Å²) in [5.74, 6) is -0.0232. The monoisotopic (exact) mass is 308 g/mol. The van der Waals surface area contributed by atoms with Crippen LogP contribution in [0, 0.1) is 6.92 Å². The first-order valence-corrected chi connectivity index (χ1v) is 7.11. The first-order chi connectivity index (χ1) is 11.1. The zero-order valence-corrected chi connectivity index (χ0v) is 12.6. The summed E-state index contributed by atoms with van der Waals surface area (Å²) in [5, 5.41) is 15.3. The van der Waals surface area contributed by atoms with Crippen LogP contribution >= 0.6 is 0 Å². The summed E-state index contributed by atoms with van der Waals surface area (Å²) in [6.07, 6.45) is 1.93. The molecule has 0 fully saturated rings. The molecule has 0 aliphatic rings. The summed E-state index contributed by atoms with van der Waals surface area (Å²) in [5.41, 5.74) is 8.31. The van der Waals surface area contributed by atoms with Crippen LogP contribution in [0.2, 0.25) is 0 Å². The predicted molar refractivity (Wildman–Crippen MR) is 86.2 cm³/mol. The first kappa shape index (κ1) is 14.7. The van der Waals surface area contributed by atoms with Gasteiger partial charge < -0.3 is 11.1 Å². The molecule has 3 rings (SSSR count). The van der Waals surface area contributed by atoms with Gasteiger partial charge in [0.15, 0.2) is 5.69 Å². The number of nitrogens with two attached hydrogens (primary N) is 1. The molecule has 0 saturated carbocycles. The van der Waals surface area contributed by atoms with Crippen molar-refractivity contribution in [3.05, 3.63) is 65.6 Å². The number of aryl methyl sites for hydroxylation is 1. The van der Waals surface area contributed by atoms with Gasteiger partial charge in [-0.1, -0.05) is 18.2 Å². The number of nitrogens with zero attached hydrogens (tertiary/aromatic N) is 4. The molecule has 23 heavy (non-hydrogen) atoms. The van der Waals surface area contributed by atoms with Crippen LogP contribution in [0.4, 0.5) is 5.82 Å². The van der Waals surface area contributed by atoms with E-state index in [0.29, 0.717) is 12.4 Å². The van der Waals surface area contributed by atoms with Crippen LogP contribution < -0.4 is 11.1 Å². The molecule has 1 aromatic carbocycles. The van der Waals surface area contributed by atoms with E-state index in [2.05, 4.69) is 20.6 Å². The normalized spacial score (nSPS) is 10.5. The van der Waals surface area contributed by atoms with Gasteiger partial charge >= 0.3 is 0 Å². The number of para-hydroxylation sites is 1. The van der Waals surface area contributed by atoms with Gasteiger partial charge in [-0.3, -0.25) is 4.79 Å².